The topological polar surface area (TPSA) is 110 Å². The van der Waals surface area contributed by atoms with Crippen molar-refractivity contribution in [2.75, 3.05) is 0 Å². The van der Waals surface area contributed by atoms with Crippen LogP contribution in [0.2, 0.25) is 0 Å². The van der Waals surface area contributed by atoms with Crippen LogP contribution in [0, 0.1) is 0 Å². The predicted molar refractivity (Wildman–Crippen MR) is 79.0 cm³/mol. The fourth-order valence-corrected chi connectivity index (χ4v) is 2.73. The average molecular weight is 336 g/mol. The molecule has 1 heterocycles. The van der Waals surface area contributed by atoms with Crippen molar-refractivity contribution in [1.82, 2.24) is 0 Å². The minimum atomic E-state index is -4.81. The number of Topliss-reactive ketones (excluding diaryl/α,β-unsaturated/α-hetero) is 1. The number of phenols is 1. The van der Waals surface area contributed by atoms with Gasteiger partial charge in [-0.3, -0.25) is 9.35 Å². The van der Waals surface area contributed by atoms with Crippen LogP contribution in [0.3, 0.4) is 0 Å². The second-order valence-electron chi connectivity index (χ2n) is 4.97. The first-order chi connectivity index (χ1) is 10.8. The molecule has 0 bridgehead atoms. The Morgan fingerprint density at radius 1 is 1.17 bits per heavy atom. The van der Waals surface area contributed by atoms with Crippen LogP contribution in [0.15, 0.2) is 42.5 Å². The summed E-state index contributed by atoms with van der Waals surface area (Å²) in [6, 6.07) is 11.2. The van der Waals surface area contributed by atoms with Gasteiger partial charge in [0.15, 0.2) is 17.3 Å². The fraction of sp³-hybridized carbons (Fsp3) is 0.133. The maximum absolute atomic E-state index is 12.2. The molecule has 1 aliphatic rings. The first-order valence-corrected chi connectivity index (χ1v) is 7.99. The molecule has 120 valence electrons. The van der Waals surface area contributed by atoms with Gasteiger partial charge in [-0.2, -0.15) is 8.42 Å². The monoisotopic (exact) mass is 336 g/mol. The molecule has 0 radical (unpaired) electrons. The van der Waals surface area contributed by atoms with Crippen molar-refractivity contribution in [2.24, 2.45) is 0 Å². The largest absolute Gasteiger partial charge is 0.504 e. The third kappa shape index (κ3) is 3.27. The number of rotatable bonds is 3. The average Bonchev–Trinajstić information content (AvgIpc) is 2.48. The van der Waals surface area contributed by atoms with E-state index in [1.165, 1.54) is 0 Å². The van der Waals surface area contributed by atoms with E-state index in [2.05, 4.69) is 4.18 Å². The van der Waals surface area contributed by atoms with E-state index in [1.807, 2.05) is 18.2 Å². The van der Waals surface area contributed by atoms with Crippen LogP contribution in [-0.4, -0.2) is 23.9 Å². The highest BCUT2D eigenvalue weighted by molar-refractivity contribution is 7.81. The van der Waals surface area contributed by atoms with E-state index in [9.17, 15) is 18.3 Å². The van der Waals surface area contributed by atoms with E-state index in [0.717, 1.165) is 17.7 Å². The molecule has 1 unspecified atom stereocenters. The molecule has 0 saturated carbocycles. The molecule has 2 aromatic rings. The van der Waals surface area contributed by atoms with Gasteiger partial charge in [-0.15, -0.1) is 0 Å². The number of ether oxygens (including phenoxy) is 1. The molecular weight excluding hydrogens is 324 g/mol. The zero-order valence-electron chi connectivity index (χ0n) is 11.7. The van der Waals surface area contributed by atoms with Crippen LogP contribution in [0.1, 0.15) is 28.4 Å². The Bertz CT molecular complexity index is 859. The van der Waals surface area contributed by atoms with Crippen LogP contribution in [0.5, 0.6) is 17.2 Å². The summed E-state index contributed by atoms with van der Waals surface area (Å²) in [4.78, 5) is 12.2. The van der Waals surface area contributed by atoms with Crippen molar-refractivity contribution < 1.29 is 31.8 Å². The van der Waals surface area contributed by atoms with Gasteiger partial charge in [-0.05, 0) is 11.6 Å². The number of carbonyl (C=O) groups excluding carboxylic acids is 1. The fourth-order valence-electron chi connectivity index (χ4n) is 2.37. The second-order valence-corrected chi connectivity index (χ2v) is 5.99. The minimum absolute atomic E-state index is 0.0755. The molecule has 1 atom stereocenters. The maximum atomic E-state index is 12.2. The summed E-state index contributed by atoms with van der Waals surface area (Å²) in [5.74, 6) is -1.29. The van der Waals surface area contributed by atoms with E-state index in [0.29, 0.717) is 0 Å². The SMILES string of the molecule is O=C1CC(c2ccccc2)Oc2cc(OS(=O)(=O)O)c(O)cc21. The summed E-state index contributed by atoms with van der Waals surface area (Å²) in [6.45, 7) is 0. The van der Waals surface area contributed by atoms with Gasteiger partial charge in [-0.1, -0.05) is 30.3 Å². The number of phenolic OH excluding ortho intramolecular Hbond substituents is 1. The van der Waals surface area contributed by atoms with Crippen molar-refractivity contribution in [3.63, 3.8) is 0 Å². The Morgan fingerprint density at radius 2 is 1.87 bits per heavy atom. The second kappa shape index (κ2) is 5.56. The maximum Gasteiger partial charge on any atom is 0.446 e. The van der Waals surface area contributed by atoms with Crippen LogP contribution in [0.25, 0.3) is 0 Å². The lowest BCUT2D eigenvalue weighted by Crippen LogP contribution is -2.20. The van der Waals surface area contributed by atoms with E-state index in [-0.39, 0.29) is 23.5 Å². The van der Waals surface area contributed by atoms with Gasteiger partial charge in [0.1, 0.15) is 11.9 Å². The number of hydrogen-bond acceptors (Lipinski definition) is 6. The Kier molecular flexibility index (Phi) is 3.70. The molecule has 23 heavy (non-hydrogen) atoms. The molecule has 7 nitrogen and oxygen atoms in total. The number of benzene rings is 2. The first kappa shape index (κ1) is 15.3. The van der Waals surface area contributed by atoms with E-state index in [4.69, 9.17) is 9.29 Å². The third-order valence-corrected chi connectivity index (χ3v) is 3.76. The molecule has 3 rings (SSSR count). The number of aromatic hydroxyl groups is 1. The third-order valence-electron chi connectivity index (χ3n) is 3.37. The Balaban J connectivity index is 1.99. The Morgan fingerprint density at radius 3 is 2.52 bits per heavy atom. The van der Waals surface area contributed by atoms with Gasteiger partial charge in [0.2, 0.25) is 0 Å². The Labute approximate surface area is 132 Å². The van der Waals surface area contributed by atoms with Crippen LogP contribution in [0.4, 0.5) is 0 Å². The summed E-state index contributed by atoms with van der Waals surface area (Å²) in [7, 11) is -4.81. The van der Waals surface area contributed by atoms with E-state index in [1.54, 1.807) is 12.1 Å². The Hall–Kier alpha value is -2.58. The van der Waals surface area contributed by atoms with Crippen LogP contribution < -0.4 is 8.92 Å². The molecule has 2 N–H and O–H groups in total. The molecule has 8 heteroatoms. The molecular formula is C15H12O7S. The summed E-state index contributed by atoms with van der Waals surface area (Å²) < 4.78 is 40.3. The lowest BCUT2D eigenvalue weighted by molar-refractivity contribution is 0.0849. The predicted octanol–water partition coefficient (Wildman–Crippen LogP) is 2.28. The molecule has 0 fully saturated rings. The van der Waals surface area contributed by atoms with Crippen molar-refractivity contribution in [1.29, 1.82) is 0 Å². The van der Waals surface area contributed by atoms with Crippen molar-refractivity contribution in [2.45, 2.75) is 12.5 Å². The summed E-state index contributed by atoms with van der Waals surface area (Å²) >= 11 is 0. The quantitative estimate of drug-likeness (QED) is 0.827. The van der Waals surface area contributed by atoms with Gasteiger partial charge in [-0.25, -0.2) is 0 Å². The molecule has 0 spiro atoms. The normalized spacial score (nSPS) is 17.3. The van der Waals surface area contributed by atoms with Gasteiger partial charge in [0, 0.05) is 6.07 Å². The van der Waals surface area contributed by atoms with Gasteiger partial charge in [0.25, 0.3) is 0 Å². The highest BCUT2D eigenvalue weighted by atomic mass is 32.3. The zero-order valence-corrected chi connectivity index (χ0v) is 12.5. The number of carbonyl (C=O) groups is 1. The summed E-state index contributed by atoms with van der Waals surface area (Å²) in [5.41, 5.74) is 0.911. The van der Waals surface area contributed by atoms with Gasteiger partial charge in [0.05, 0.1) is 12.0 Å². The molecule has 0 amide bonds. The van der Waals surface area contributed by atoms with Crippen LogP contribution in [-0.2, 0) is 10.4 Å². The standard InChI is InChI=1S/C15H12O7S/c16-11-7-13(9-4-2-1-3-5-9)21-14-8-15(22-23(18,19)20)12(17)6-10(11)14/h1-6,8,13,17H,7H2,(H,18,19,20). The molecule has 1 aliphatic heterocycles. The lowest BCUT2D eigenvalue weighted by Gasteiger charge is -2.26. The molecule has 0 aliphatic carbocycles. The highest BCUT2D eigenvalue weighted by Gasteiger charge is 2.29. The molecule has 2 aromatic carbocycles. The summed E-state index contributed by atoms with van der Waals surface area (Å²) in [5, 5.41) is 9.72. The smallest absolute Gasteiger partial charge is 0.446 e. The van der Waals surface area contributed by atoms with E-state index >= 15 is 0 Å². The first-order valence-electron chi connectivity index (χ1n) is 6.62. The summed E-state index contributed by atoms with van der Waals surface area (Å²) in [6.07, 6.45) is -0.436. The van der Waals surface area contributed by atoms with Gasteiger partial charge < -0.3 is 14.0 Å². The van der Waals surface area contributed by atoms with Crippen molar-refractivity contribution in [3.8, 4) is 17.2 Å². The molecule has 0 saturated heterocycles. The minimum Gasteiger partial charge on any atom is -0.504 e. The van der Waals surface area contributed by atoms with Gasteiger partial charge >= 0.3 is 10.4 Å². The lowest BCUT2D eigenvalue weighted by atomic mass is 9.96. The highest BCUT2D eigenvalue weighted by Crippen LogP contribution is 2.41. The van der Waals surface area contributed by atoms with Crippen LogP contribution >= 0.6 is 0 Å². The number of ketones is 1. The number of hydrogen-bond donors (Lipinski definition) is 2. The molecule has 0 aromatic heterocycles. The van der Waals surface area contributed by atoms with Crippen molar-refractivity contribution >= 4 is 16.2 Å². The number of fused-ring (bicyclic) bond motifs is 1. The van der Waals surface area contributed by atoms with Crippen molar-refractivity contribution in [3.05, 3.63) is 53.6 Å². The van der Waals surface area contributed by atoms with E-state index < -0.39 is 28.0 Å². The zero-order chi connectivity index (χ0) is 16.6.